The van der Waals surface area contributed by atoms with E-state index in [0.29, 0.717) is 5.56 Å². The second-order valence-electron chi connectivity index (χ2n) is 3.87. The topological polar surface area (TPSA) is 55.2 Å². The molecule has 0 heterocycles. The Morgan fingerprint density at radius 2 is 2.06 bits per heavy atom. The van der Waals surface area contributed by atoms with Gasteiger partial charge in [0.25, 0.3) is 5.69 Å². The summed E-state index contributed by atoms with van der Waals surface area (Å²) in [4.78, 5) is 10.2. The highest BCUT2D eigenvalue weighted by Crippen LogP contribution is 2.28. The molecule has 1 rings (SSSR count). The first-order valence-corrected chi connectivity index (χ1v) is 5.36. The van der Waals surface area contributed by atoms with Crippen LogP contribution in [0.2, 0.25) is 0 Å². The van der Waals surface area contributed by atoms with Crippen LogP contribution >= 0.6 is 0 Å². The van der Waals surface area contributed by atoms with Gasteiger partial charge < -0.3 is 5.32 Å². The molecule has 1 N–H and O–H groups in total. The molecule has 0 aliphatic heterocycles. The molecule has 100 valence electrons. The second-order valence-corrected chi connectivity index (χ2v) is 3.87. The molecule has 0 aromatic heterocycles. The second kappa shape index (κ2) is 5.70. The van der Waals surface area contributed by atoms with E-state index in [1.54, 1.807) is 13.0 Å². The summed E-state index contributed by atoms with van der Waals surface area (Å²) >= 11 is 0. The van der Waals surface area contributed by atoms with Crippen LogP contribution in [0.5, 0.6) is 0 Å². The van der Waals surface area contributed by atoms with Crippen LogP contribution in [-0.4, -0.2) is 17.6 Å². The van der Waals surface area contributed by atoms with Gasteiger partial charge in [0.1, 0.15) is 5.69 Å². The first kappa shape index (κ1) is 14.3. The molecule has 0 atom stereocenters. The van der Waals surface area contributed by atoms with Crippen LogP contribution in [0.3, 0.4) is 0 Å². The number of nitrogens with one attached hydrogen (secondary N) is 1. The highest BCUT2D eigenvalue weighted by Gasteiger charge is 2.26. The summed E-state index contributed by atoms with van der Waals surface area (Å²) in [5.74, 6) is 0. The maximum atomic E-state index is 11.9. The van der Waals surface area contributed by atoms with Crippen molar-refractivity contribution in [1.82, 2.24) is 0 Å². The zero-order valence-electron chi connectivity index (χ0n) is 9.75. The standard InChI is InChI=1S/C11H13F3N2O2/c1-8-4-2-5-9(16(17)18)10(8)15-7-3-6-11(12,13)14/h2,4-5,15H,3,6-7H2,1H3. The molecule has 0 bridgehead atoms. The van der Waals surface area contributed by atoms with E-state index in [9.17, 15) is 23.3 Å². The van der Waals surface area contributed by atoms with Gasteiger partial charge in [0.15, 0.2) is 0 Å². The molecule has 0 spiro atoms. The van der Waals surface area contributed by atoms with Crippen molar-refractivity contribution in [2.45, 2.75) is 25.9 Å². The van der Waals surface area contributed by atoms with Crippen molar-refractivity contribution in [3.8, 4) is 0 Å². The van der Waals surface area contributed by atoms with E-state index < -0.39 is 17.5 Å². The Bertz CT molecular complexity index is 433. The number of alkyl halides is 3. The molecule has 7 heteroatoms. The van der Waals surface area contributed by atoms with Gasteiger partial charge in [0.2, 0.25) is 0 Å². The molecule has 0 amide bonds. The van der Waals surface area contributed by atoms with E-state index in [1.165, 1.54) is 12.1 Å². The van der Waals surface area contributed by atoms with Gasteiger partial charge in [-0.2, -0.15) is 13.2 Å². The number of hydrogen-bond donors (Lipinski definition) is 1. The smallest absolute Gasteiger partial charge is 0.379 e. The van der Waals surface area contributed by atoms with Gasteiger partial charge in [0, 0.05) is 19.0 Å². The molecule has 0 fully saturated rings. The van der Waals surface area contributed by atoms with Gasteiger partial charge in [0.05, 0.1) is 4.92 Å². The van der Waals surface area contributed by atoms with Crippen LogP contribution in [0, 0.1) is 17.0 Å². The van der Waals surface area contributed by atoms with E-state index in [4.69, 9.17) is 0 Å². The van der Waals surface area contributed by atoms with Crippen molar-refractivity contribution in [1.29, 1.82) is 0 Å². The average molecular weight is 262 g/mol. The van der Waals surface area contributed by atoms with Gasteiger partial charge in [-0.25, -0.2) is 0 Å². The summed E-state index contributed by atoms with van der Waals surface area (Å²) in [6.07, 6.45) is -5.21. The predicted molar refractivity (Wildman–Crippen MR) is 61.6 cm³/mol. The number of rotatable bonds is 5. The summed E-state index contributed by atoms with van der Waals surface area (Å²) in [6.45, 7) is 1.71. The molecule has 18 heavy (non-hydrogen) atoms. The van der Waals surface area contributed by atoms with Crippen molar-refractivity contribution in [3.05, 3.63) is 33.9 Å². The number of nitrogens with zero attached hydrogens (tertiary/aromatic N) is 1. The van der Waals surface area contributed by atoms with Gasteiger partial charge in [-0.05, 0) is 18.9 Å². The molecule has 0 aliphatic rings. The van der Waals surface area contributed by atoms with E-state index in [2.05, 4.69) is 5.32 Å². The van der Waals surface area contributed by atoms with Crippen molar-refractivity contribution >= 4 is 11.4 Å². The first-order chi connectivity index (χ1) is 8.31. The molecule has 0 unspecified atom stereocenters. The molecule has 1 aromatic rings. The Hall–Kier alpha value is -1.79. The zero-order chi connectivity index (χ0) is 13.8. The maximum Gasteiger partial charge on any atom is 0.389 e. The van der Waals surface area contributed by atoms with Gasteiger partial charge in [-0.1, -0.05) is 12.1 Å². The molecular weight excluding hydrogens is 249 g/mol. The third-order valence-corrected chi connectivity index (χ3v) is 2.39. The number of halogens is 3. The number of nitro benzene ring substituents is 1. The summed E-state index contributed by atoms with van der Waals surface area (Å²) < 4.78 is 35.8. The highest BCUT2D eigenvalue weighted by atomic mass is 19.4. The Balaban J connectivity index is 2.64. The number of aryl methyl sites for hydroxylation is 1. The number of nitro groups is 1. The molecular formula is C11H13F3N2O2. The summed E-state index contributed by atoms with van der Waals surface area (Å²) in [7, 11) is 0. The highest BCUT2D eigenvalue weighted by molar-refractivity contribution is 5.65. The van der Waals surface area contributed by atoms with Crippen molar-refractivity contribution < 1.29 is 18.1 Å². The van der Waals surface area contributed by atoms with Gasteiger partial charge in [-0.3, -0.25) is 10.1 Å². The molecule has 0 aliphatic carbocycles. The van der Waals surface area contributed by atoms with Crippen LogP contribution in [0.15, 0.2) is 18.2 Å². The van der Waals surface area contributed by atoms with E-state index in [0.717, 1.165) is 0 Å². The minimum atomic E-state index is -4.20. The van der Waals surface area contributed by atoms with Crippen LogP contribution in [-0.2, 0) is 0 Å². The lowest BCUT2D eigenvalue weighted by molar-refractivity contribution is -0.384. The number of hydrogen-bond acceptors (Lipinski definition) is 3. The Labute approximate surface area is 102 Å². The SMILES string of the molecule is Cc1cccc([N+](=O)[O-])c1NCCCC(F)(F)F. The Morgan fingerprint density at radius 1 is 1.39 bits per heavy atom. The fraction of sp³-hybridized carbons (Fsp3) is 0.455. The third-order valence-electron chi connectivity index (χ3n) is 2.39. The summed E-state index contributed by atoms with van der Waals surface area (Å²) in [5, 5.41) is 13.4. The first-order valence-electron chi connectivity index (χ1n) is 5.36. The van der Waals surface area contributed by atoms with E-state index in [1.807, 2.05) is 0 Å². The predicted octanol–water partition coefficient (Wildman–Crippen LogP) is 3.66. The van der Waals surface area contributed by atoms with Crippen molar-refractivity contribution in [3.63, 3.8) is 0 Å². The number of anilines is 1. The minimum Gasteiger partial charge on any atom is -0.379 e. The minimum absolute atomic E-state index is 0.0468. The van der Waals surface area contributed by atoms with Gasteiger partial charge >= 0.3 is 6.18 Å². The molecule has 4 nitrogen and oxygen atoms in total. The van der Waals surface area contributed by atoms with Gasteiger partial charge in [-0.15, -0.1) is 0 Å². The van der Waals surface area contributed by atoms with Crippen molar-refractivity contribution in [2.24, 2.45) is 0 Å². The lowest BCUT2D eigenvalue weighted by Gasteiger charge is -2.10. The van der Waals surface area contributed by atoms with Crippen LogP contribution in [0.25, 0.3) is 0 Å². The maximum absolute atomic E-state index is 11.9. The monoisotopic (exact) mass is 262 g/mol. The van der Waals surface area contributed by atoms with Crippen LogP contribution < -0.4 is 5.32 Å². The Kier molecular flexibility index (Phi) is 4.52. The molecule has 1 aromatic carbocycles. The lowest BCUT2D eigenvalue weighted by Crippen LogP contribution is -2.12. The van der Waals surface area contributed by atoms with E-state index >= 15 is 0 Å². The zero-order valence-corrected chi connectivity index (χ0v) is 9.75. The third kappa shape index (κ3) is 4.23. The fourth-order valence-corrected chi connectivity index (χ4v) is 1.54. The number of benzene rings is 1. The largest absolute Gasteiger partial charge is 0.389 e. The van der Waals surface area contributed by atoms with E-state index in [-0.39, 0.29) is 24.3 Å². The molecule has 0 saturated carbocycles. The van der Waals surface area contributed by atoms with Crippen LogP contribution in [0.1, 0.15) is 18.4 Å². The number of para-hydroxylation sites is 1. The molecule has 0 radical (unpaired) electrons. The average Bonchev–Trinajstić information content (AvgIpc) is 2.24. The summed E-state index contributed by atoms with van der Waals surface area (Å²) in [5.41, 5.74) is 0.794. The quantitative estimate of drug-likeness (QED) is 0.500. The normalized spacial score (nSPS) is 11.3. The van der Waals surface area contributed by atoms with Crippen LogP contribution in [0.4, 0.5) is 24.5 Å². The Morgan fingerprint density at radius 3 is 2.61 bits per heavy atom. The molecule has 0 saturated heterocycles. The fourth-order valence-electron chi connectivity index (χ4n) is 1.54. The summed E-state index contributed by atoms with van der Waals surface area (Å²) in [6, 6.07) is 4.52. The van der Waals surface area contributed by atoms with Crippen molar-refractivity contribution in [2.75, 3.05) is 11.9 Å². The lowest BCUT2D eigenvalue weighted by atomic mass is 10.1.